The highest BCUT2D eigenvalue weighted by Crippen LogP contribution is 2.28. The molecule has 2 aromatic heterocycles. The third-order valence-electron chi connectivity index (χ3n) is 4.93. The van der Waals surface area contributed by atoms with E-state index in [0.717, 1.165) is 62.7 Å². The Morgan fingerprint density at radius 3 is 2.88 bits per heavy atom. The van der Waals surface area contributed by atoms with E-state index in [2.05, 4.69) is 48.6 Å². The number of aromatic nitrogens is 3. The average Bonchev–Trinajstić information content (AvgIpc) is 3.14. The number of aryl methyl sites for hydroxylation is 4. The molecule has 0 aromatic carbocycles. The van der Waals surface area contributed by atoms with Crippen LogP contribution in [0.4, 0.5) is 0 Å². The number of ether oxygens (including phenoxy) is 1. The van der Waals surface area contributed by atoms with Crippen molar-refractivity contribution in [2.75, 3.05) is 26.8 Å². The summed E-state index contributed by atoms with van der Waals surface area (Å²) in [5, 5.41) is 8.81. The van der Waals surface area contributed by atoms with Crippen LogP contribution in [0.2, 0.25) is 0 Å². The largest absolute Gasteiger partial charge is 0.378 e. The lowest BCUT2D eigenvalue weighted by molar-refractivity contribution is 0.00456. The third kappa shape index (κ3) is 3.54. The van der Waals surface area contributed by atoms with Gasteiger partial charge in [-0.05, 0) is 33.7 Å². The summed E-state index contributed by atoms with van der Waals surface area (Å²) in [5.41, 5.74) is 4.72. The van der Waals surface area contributed by atoms with Gasteiger partial charge < -0.3 is 9.26 Å². The molecule has 2 aromatic rings. The smallest absolute Gasteiger partial charge is 0.137 e. The molecule has 1 aliphatic heterocycles. The quantitative estimate of drug-likeness (QED) is 0.814. The fourth-order valence-corrected chi connectivity index (χ4v) is 3.44. The van der Waals surface area contributed by atoms with Gasteiger partial charge in [0.2, 0.25) is 0 Å². The van der Waals surface area contributed by atoms with Crippen LogP contribution >= 0.6 is 0 Å². The summed E-state index contributed by atoms with van der Waals surface area (Å²) in [6.07, 6.45) is 2.81. The van der Waals surface area contributed by atoms with Crippen LogP contribution in [0.25, 0.3) is 0 Å². The van der Waals surface area contributed by atoms with E-state index in [4.69, 9.17) is 14.4 Å². The molecule has 1 atom stereocenters. The van der Waals surface area contributed by atoms with E-state index in [-0.39, 0.29) is 0 Å². The summed E-state index contributed by atoms with van der Waals surface area (Å²) < 4.78 is 13.2. The zero-order valence-corrected chi connectivity index (χ0v) is 15.2. The normalized spacial score (nSPS) is 19.1. The first-order valence-corrected chi connectivity index (χ1v) is 8.86. The monoisotopic (exact) mass is 332 g/mol. The van der Waals surface area contributed by atoms with Crippen molar-refractivity contribution in [3.63, 3.8) is 0 Å². The number of hydrogen-bond donors (Lipinski definition) is 0. The lowest BCUT2D eigenvalue weighted by Crippen LogP contribution is -2.37. The second-order valence-electron chi connectivity index (χ2n) is 6.62. The van der Waals surface area contributed by atoms with E-state index in [0.29, 0.717) is 6.04 Å². The van der Waals surface area contributed by atoms with Gasteiger partial charge in [0.05, 0.1) is 30.6 Å². The van der Waals surface area contributed by atoms with E-state index < -0.39 is 0 Å². The fraction of sp³-hybridized carbons (Fsp3) is 0.667. The van der Waals surface area contributed by atoms with Crippen molar-refractivity contribution in [1.29, 1.82) is 0 Å². The van der Waals surface area contributed by atoms with Crippen LogP contribution < -0.4 is 0 Å². The molecule has 3 heterocycles. The Morgan fingerprint density at radius 1 is 1.33 bits per heavy atom. The van der Waals surface area contributed by atoms with Crippen molar-refractivity contribution in [3.05, 3.63) is 34.5 Å². The molecule has 3 rings (SSSR count). The zero-order chi connectivity index (χ0) is 17.1. The van der Waals surface area contributed by atoms with Crippen molar-refractivity contribution in [2.24, 2.45) is 0 Å². The van der Waals surface area contributed by atoms with Crippen LogP contribution in [-0.4, -0.2) is 46.6 Å². The Labute approximate surface area is 143 Å². The van der Waals surface area contributed by atoms with Crippen LogP contribution in [-0.2, 0) is 24.1 Å². The molecule has 0 aliphatic carbocycles. The first-order chi connectivity index (χ1) is 11.6. The summed E-state index contributed by atoms with van der Waals surface area (Å²) >= 11 is 0. The molecule has 1 saturated heterocycles. The predicted molar refractivity (Wildman–Crippen MR) is 92.1 cm³/mol. The number of nitrogens with zero attached hydrogens (tertiary/aromatic N) is 4. The molecule has 0 N–H and O–H groups in total. The molecule has 0 radical (unpaired) electrons. The van der Waals surface area contributed by atoms with Crippen molar-refractivity contribution >= 4 is 0 Å². The number of rotatable bonds is 6. The molecule has 1 aliphatic rings. The minimum absolute atomic E-state index is 0.314. The average molecular weight is 332 g/mol. The maximum Gasteiger partial charge on any atom is 0.137 e. The van der Waals surface area contributed by atoms with Gasteiger partial charge in [0.25, 0.3) is 0 Å². The summed E-state index contributed by atoms with van der Waals surface area (Å²) in [4.78, 5) is 2.37. The van der Waals surface area contributed by atoms with Gasteiger partial charge in [-0.1, -0.05) is 12.1 Å². The summed E-state index contributed by atoms with van der Waals surface area (Å²) in [6.45, 7) is 9.79. The Balaban J connectivity index is 1.65. The van der Waals surface area contributed by atoms with E-state index >= 15 is 0 Å². The summed E-state index contributed by atoms with van der Waals surface area (Å²) in [7, 11) is 2.17. The highest BCUT2D eigenvalue weighted by Gasteiger charge is 2.27. The SMILES string of the molecule is CCc1cc(CCCn2nc(C)c(C3COCCN3C)c2C)on1. The van der Waals surface area contributed by atoms with Crippen molar-refractivity contribution in [2.45, 2.75) is 52.6 Å². The van der Waals surface area contributed by atoms with Gasteiger partial charge in [0, 0.05) is 36.8 Å². The molecular formula is C18H28N4O2. The lowest BCUT2D eigenvalue weighted by atomic mass is 10.0. The highest BCUT2D eigenvalue weighted by atomic mass is 16.5. The molecule has 0 bridgehead atoms. The first kappa shape index (κ1) is 17.2. The zero-order valence-electron chi connectivity index (χ0n) is 15.2. The maximum atomic E-state index is 5.68. The van der Waals surface area contributed by atoms with Gasteiger partial charge in [-0.25, -0.2) is 0 Å². The minimum atomic E-state index is 0.314. The summed E-state index contributed by atoms with van der Waals surface area (Å²) in [5.74, 6) is 0.967. The van der Waals surface area contributed by atoms with E-state index in [1.165, 1.54) is 11.3 Å². The number of likely N-dealkylation sites (N-methyl/N-ethyl adjacent to an activating group) is 1. The van der Waals surface area contributed by atoms with E-state index in [1.54, 1.807) is 0 Å². The van der Waals surface area contributed by atoms with Gasteiger partial charge in [-0.3, -0.25) is 9.58 Å². The van der Waals surface area contributed by atoms with E-state index in [1.807, 2.05) is 0 Å². The molecule has 0 amide bonds. The van der Waals surface area contributed by atoms with Crippen molar-refractivity contribution in [1.82, 2.24) is 19.8 Å². The Morgan fingerprint density at radius 2 is 2.17 bits per heavy atom. The lowest BCUT2D eigenvalue weighted by Gasteiger charge is -2.32. The molecule has 6 nitrogen and oxygen atoms in total. The summed E-state index contributed by atoms with van der Waals surface area (Å²) in [6, 6.07) is 2.37. The first-order valence-electron chi connectivity index (χ1n) is 8.86. The van der Waals surface area contributed by atoms with Crippen LogP contribution in [0.1, 0.15) is 47.8 Å². The molecular weight excluding hydrogens is 304 g/mol. The molecule has 6 heteroatoms. The Bertz CT molecular complexity index is 677. The molecule has 1 unspecified atom stereocenters. The topological polar surface area (TPSA) is 56.3 Å². The predicted octanol–water partition coefficient (Wildman–Crippen LogP) is 2.69. The molecule has 1 fully saturated rings. The fourth-order valence-electron chi connectivity index (χ4n) is 3.44. The van der Waals surface area contributed by atoms with Gasteiger partial charge >= 0.3 is 0 Å². The van der Waals surface area contributed by atoms with Crippen LogP contribution in [0.5, 0.6) is 0 Å². The Hall–Kier alpha value is -1.66. The third-order valence-corrected chi connectivity index (χ3v) is 4.93. The van der Waals surface area contributed by atoms with Gasteiger partial charge in [-0.2, -0.15) is 5.10 Å². The van der Waals surface area contributed by atoms with Crippen LogP contribution in [0.15, 0.2) is 10.6 Å². The van der Waals surface area contributed by atoms with Gasteiger partial charge in [-0.15, -0.1) is 0 Å². The van der Waals surface area contributed by atoms with Gasteiger partial charge in [0.15, 0.2) is 0 Å². The van der Waals surface area contributed by atoms with Crippen LogP contribution in [0.3, 0.4) is 0 Å². The molecule has 0 spiro atoms. The Kier molecular flexibility index (Phi) is 5.36. The highest BCUT2D eigenvalue weighted by molar-refractivity contribution is 5.29. The van der Waals surface area contributed by atoms with Crippen molar-refractivity contribution in [3.8, 4) is 0 Å². The van der Waals surface area contributed by atoms with Gasteiger partial charge in [0.1, 0.15) is 5.76 Å². The molecule has 24 heavy (non-hydrogen) atoms. The van der Waals surface area contributed by atoms with E-state index in [9.17, 15) is 0 Å². The molecule has 0 saturated carbocycles. The van der Waals surface area contributed by atoms with Crippen LogP contribution in [0, 0.1) is 13.8 Å². The minimum Gasteiger partial charge on any atom is -0.378 e. The second kappa shape index (κ2) is 7.49. The van der Waals surface area contributed by atoms with Crippen molar-refractivity contribution < 1.29 is 9.26 Å². The second-order valence-corrected chi connectivity index (χ2v) is 6.62. The number of morpholine rings is 1. The maximum absolute atomic E-state index is 5.68. The standard InChI is InChI=1S/C18H28N4O2/c1-5-15-11-16(24-20-15)7-6-8-22-14(3)18(13(2)19-22)17-12-23-10-9-21(17)4/h11,17H,5-10,12H2,1-4H3. The molecule has 132 valence electrons. The number of hydrogen-bond acceptors (Lipinski definition) is 5.